The highest BCUT2D eigenvalue weighted by Gasteiger charge is 2.59. The molecule has 84 heavy (non-hydrogen) atoms. The molecule has 0 spiro atoms. The van der Waals surface area contributed by atoms with Crippen LogP contribution in [0.5, 0.6) is 0 Å². The molecule has 0 unspecified atom stereocenters. The Balaban J connectivity index is 1.20. The summed E-state index contributed by atoms with van der Waals surface area (Å²) in [7, 11) is 0. The maximum Gasteiger partial charge on any atom is 0.217 e. The number of hydrogen-bond donors (Lipinski definition) is 23. The van der Waals surface area contributed by atoms with Crippen molar-refractivity contribution in [3.05, 3.63) is 0 Å². The summed E-state index contributed by atoms with van der Waals surface area (Å²) in [5.41, 5.74) is 0. The summed E-state index contributed by atoms with van der Waals surface area (Å²) >= 11 is 0. The normalized spacial score (nSPS) is 50.3. The van der Waals surface area contributed by atoms with E-state index in [1.165, 1.54) is 0 Å². The molecular weight excluding hydrogens is 1160 g/mol. The molecule has 0 saturated carbocycles. The zero-order valence-electron chi connectivity index (χ0n) is 44.7. The number of ether oxygens (including phenoxy) is 13. The number of rotatable bonds is 21. The summed E-state index contributed by atoms with van der Waals surface area (Å²) in [5, 5.41) is 232. The van der Waals surface area contributed by atoms with Gasteiger partial charge in [0.1, 0.15) is 171 Å². The Kier molecular flexibility index (Phi) is 24.6. The average molecular weight is 1240 g/mol. The van der Waals surface area contributed by atoms with Crippen molar-refractivity contribution in [1.29, 1.82) is 0 Å². The van der Waals surface area contributed by atoms with Crippen LogP contribution < -0.4 is 10.6 Å². The van der Waals surface area contributed by atoms with Crippen LogP contribution in [0.2, 0.25) is 0 Å². The molecule has 7 saturated heterocycles. The number of aliphatic hydroxyl groups is 21. The second-order valence-electron chi connectivity index (χ2n) is 21.1. The highest BCUT2D eigenvalue weighted by molar-refractivity contribution is 5.73. The molecule has 7 fully saturated rings. The Morgan fingerprint density at radius 3 is 1.14 bits per heavy atom. The van der Waals surface area contributed by atoms with Crippen LogP contribution in [0, 0.1) is 0 Å². The van der Waals surface area contributed by atoms with Gasteiger partial charge in [0.25, 0.3) is 0 Å². The van der Waals surface area contributed by atoms with E-state index in [-0.39, 0.29) is 0 Å². The molecule has 7 aliphatic heterocycles. The Hall–Kier alpha value is -2.42. The molecule has 7 rings (SSSR count). The fourth-order valence-electron chi connectivity index (χ4n) is 10.7. The van der Waals surface area contributed by atoms with Crippen LogP contribution in [-0.2, 0) is 71.2 Å². The SMILES string of the molecule is CC(=O)N[C@@H]1[C@@H](O)[C@H](O[C@H]2O[C@H](CO)[C@@H](O[C@@H]3O[C@H](CO[C@@H]4O[C@H](CO)[C@@H](O)[C@H](O[C@@H]5O[C@H](CO)[C@@H](O)[C@H](O)[C@@H]5O)[C@@H]4O)[C@@H](O)[C@H](O[C@H]4O[C@H](CO)[C@@H](O)[C@H](O)[C@@H]4O[C@H]4O[C@H](CO)[C@@H](O)[C@H](O)[C@@H]4O)[C@@H]3O)[C@H](O)[C@H]2NC(C)=O)[C@@H](CO)O[C@@H]1O. The van der Waals surface area contributed by atoms with E-state index in [0.29, 0.717) is 0 Å². The van der Waals surface area contributed by atoms with Gasteiger partial charge >= 0.3 is 0 Å². The number of carbonyl (C=O) groups is 2. The highest BCUT2D eigenvalue weighted by atomic mass is 16.8. The molecule has 38 heteroatoms. The summed E-state index contributed by atoms with van der Waals surface area (Å²) in [6.07, 6.45) is -65.9. The topological polar surface area (TPSA) is 603 Å². The monoisotopic (exact) mass is 1230 g/mol. The van der Waals surface area contributed by atoms with Crippen molar-refractivity contribution in [2.45, 2.75) is 229 Å². The molecule has 488 valence electrons. The van der Waals surface area contributed by atoms with Crippen LogP contribution in [0.15, 0.2) is 0 Å². The zero-order chi connectivity index (χ0) is 61.9. The van der Waals surface area contributed by atoms with E-state index >= 15 is 0 Å². The lowest BCUT2D eigenvalue weighted by atomic mass is 9.94. The van der Waals surface area contributed by atoms with E-state index in [0.717, 1.165) is 13.8 Å². The number of amides is 2. The molecule has 0 aromatic rings. The summed E-state index contributed by atoms with van der Waals surface area (Å²) in [6, 6.07) is -3.40. The van der Waals surface area contributed by atoms with E-state index in [9.17, 15) is 117 Å². The van der Waals surface area contributed by atoms with Crippen molar-refractivity contribution < 1.29 is 178 Å². The molecule has 38 nitrogen and oxygen atoms in total. The van der Waals surface area contributed by atoms with E-state index in [4.69, 9.17) is 61.6 Å². The van der Waals surface area contributed by atoms with Gasteiger partial charge in [-0.1, -0.05) is 0 Å². The van der Waals surface area contributed by atoms with Crippen molar-refractivity contribution in [2.24, 2.45) is 0 Å². The first-order chi connectivity index (χ1) is 39.7. The summed E-state index contributed by atoms with van der Waals surface area (Å²) in [6.45, 7) is -5.04. The van der Waals surface area contributed by atoms with Crippen LogP contribution in [0.4, 0.5) is 0 Å². The van der Waals surface area contributed by atoms with Gasteiger partial charge in [-0.15, -0.1) is 0 Å². The Labute approximate surface area is 475 Å². The molecule has 23 N–H and O–H groups in total. The number of carbonyl (C=O) groups excluding carboxylic acids is 2. The third-order valence-corrected chi connectivity index (χ3v) is 15.3. The fourth-order valence-corrected chi connectivity index (χ4v) is 10.7. The van der Waals surface area contributed by atoms with Crippen molar-refractivity contribution >= 4 is 11.8 Å². The van der Waals surface area contributed by atoms with Crippen molar-refractivity contribution in [2.75, 3.05) is 46.2 Å². The van der Waals surface area contributed by atoms with Gasteiger partial charge in [0.2, 0.25) is 11.8 Å². The number of hydrogen-bond acceptors (Lipinski definition) is 36. The smallest absolute Gasteiger partial charge is 0.217 e. The van der Waals surface area contributed by atoms with Crippen LogP contribution in [0.25, 0.3) is 0 Å². The molecule has 0 aromatic carbocycles. The zero-order valence-corrected chi connectivity index (χ0v) is 44.7. The molecular formula is C46H78N2O36. The lowest BCUT2D eigenvalue weighted by Crippen LogP contribution is -2.70. The molecule has 0 aliphatic carbocycles. The largest absolute Gasteiger partial charge is 0.394 e. The van der Waals surface area contributed by atoms with E-state index in [1.807, 2.05) is 0 Å². The first-order valence-corrected chi connectivity index (χ1v) is 26.6. The van der Waals surface area contributed by atoms with E-state index in [2.05, 4.69) is 10.6 Å². The van der Waals surface area contributed by atoms with Gasteiger partial charge in [0.05, 0.1) is 46.2 Å². The van der Waals surface area contributed by atoms with Gasteiger partial charge in [-0.3, -0.25) is 9.59 Å². The van der Waals surface area contributed by atoms with E-state index < -0.39 is 273 Å². The van der Waals surface area contributed by atoms with Gasteiger partial charge in [0.15, 0.2) is 44.0 Å². The minimum Gasteiger partial charge on any atom is -0.394 e. The Morgan fingerprint density at radius 1 is 0.310 bits per heavy atom. The molecule has 2 amide bonds. The predicted octanol–water partition coefficient (Wildman–Crippen LogP) is -16.0. The second-order valence-corrected chi connectivity index (χ2v) is 21.1. The summed E-state index contributed by atoms with van der Waals surface area (Å²) in [5.74, 6) is -1.62. The molecule has 0 aromatic heterocycles. The molecule has 7 heterocycles. The molecule has 0 bridgehead atoms. The van der Waals surface area contributed by atoms with Crippen molar-refractivity contribution in [3.8, 4) is 0 Å². The fraction of sp³-hybridized carbons (Fsp3) is 0.957. The molecule has 7 aliphatic rings. The lowest BCUT2D eigenvalue weighted by Gasteiger charge is -2.50. The molecule has 35 atom stereocenters. The van der Waals surface area contributed by atoms with Crippen molar-refractivity contribution in [3.63, 3.8) is 0 Å². The van der Waals surface area contributed by atoms with Gasteiger partial charge in [-0.05, 0) is 0 Å². The van der Waals surface area contributed by atoms with E-state index in [1.54, 1.807) is 0 Å². The summed E-state index contributed by atoms with van der Waals surface area (Å²) < 4.78 is 74.6. The molecule has 0 radical (unpaired) electrons. The van der Waals surface area contributed by atoms with Crippen LogP contribution >= 0.6 is 0 Å². The number of nitrogens with one attached hydrogen (secondary N) is 2. The predicted molar refractivity (Wildman–Crippen MR) is 255 cm³/mol. The Morgan fingerprint density at radius 2 is 0.643 bits per heavy atom. The van der Waals surface area contributed by atoms with Crippen LogP contribution in [-0.4, -0.2) is 380 Å². The first kappa shape index (κ1) is 69.1. The average Bonchev–Trinajstić information content (AvgIpc) is 2.62. The van der Waals surface area contributed by atoms with Gasteiger partial charge in [-0.25, -0.2) is 0 Å². The van der Waals surface area contributed by atoms with Gasteiger partial charge in [0, 0.05) is 13.8 Å². The highest BCUT2D eigenvalue weighted by Crippen LogP contribution is 2.38. The minimum atomic E-state index is -2.41. The third kappa shape index (κ3) is 14.7. The van der Waals surface area contributed by atoms with Crippen LogP contribution in [0.1, 0.15) is 13.8 Å². The van der Waals surface area contributed by atoms with Crippen LogP contribution in [0.3, 0.4) is 0 Å². The maximum absolute atomic E-state index is 12.7. The maximum atomic E-state index is 12.7. The first-order valence-electron chi connectivity index (χ1n) is 26.6. The summed E-state index contributed by atoms with van der Waals surface area (Å²) in [4.78, 5) is 24.7. The van der Waals surface area contributed by atoms with Gasteiger partial charge < -0.3 is 179 Å². The minimum absolute atomic E-state index is 0.744. The third-order valence-electron chi connectivity index (χ3n) is 15.3. The lowest BCUT2D eigenvalue weighted by molar-refractivity contribution is -0.398. The number of aliphatic hydroxyl groups excluding tert-OH is 21. The second kappa shape index (κ2) is 29.9. The Bertz CT molecular complexity index is 2060. The van der Waals surface area contributed by atoms with Gasteiger partial charge in [-0.2, -0.15) is 0 Å². The standard InChI is InChI=1S/C46H78N2O36/c1-10(55)47-19-26(62)35(16(7-53)73-40(19)71)80-41-20(48-11(2)56)27(63)36(17(8-54)78-41)81-45-34(70)38(83-46-39(30(66)23(59)14(5-51)77-46)84-44-32(68)29(65)22(58)13(4-50)76-44)25(61)18(79-45)9-72-42-33(69)37(24(60)15(6-52)74-42)82-43-31(67)28(64)21(57)12(3-49)75-43/h12-46,49-54,57-71H,3-9H2,1-2H3,(H,47,55)(H,48,56)/t12-,13-,14-,15-,16-,17-,18-,19-,20-,21-,22-,23-,24-,25-,26-,27-,28+,29+,30+,31+,32+,33+,34+,35-,36-,37+,38+,39+,40+,41-,42-,43+,44-,45+,46-/m1/s1. The van der Waals surface area contributed by atoms with Crippen molar-refractivity contribution in [1.82, 2.24) is 10.6 Å². The quantitative estimate of drug-likeness (QED) is 0.0507.